The molecule has 8 aromatic carbocycles. The Morgan fingerprint density at radius 2 is 0.911 bits per heavy atom. The number of fused-ring (bicyclic) bond motifs is 6. The maximum Gasteiger partial charge on any atom is 0.164 e. The number of thiophene rings is 1. The molecule has 0 fully saturated rings. The molecule has 0 spiro atoms. The fraction of sp³-hybridized carbons (Fsp3) is 0. The van der Waals surface area contributed by atoms with E-state index in [0.29, 0.717) is 17.5 Å². The van der Waals surface area contributed by atoms with Crippen LogP contribution in [0.3, 0.4) is 0 Å². The van der Waals surface area contributed by atoms with Crippen molar-refractivity contribution in [2.75, 3.05) is 0 Å². The van der Waals surface area contributed by atoms with E-state index in [-0.39, 0.29) is 0 Å². The fourth-order valence-corrected chi connectivity index (χ4v) is 9.15. The Morgan fingerprint density at radius 1 is 0.357 bits per heavy atom. The molecule has 0 amide bonds. The molecule has 0 N–H and O–H groups in total. The highest BCUT2D eigenvalue weighted by Gasteiger charge is 2.20. The summed E-state index contributed by atoms with van der Waals surface area (Å²) in [6.07, 6.45) is 0. The molecule has 5 heteroatoms. The summed E-state index contributed by atoms with van der Waals surface area (Å²) in [5.74, 6) is 1.90. The third kappa shape index (κ3) is 5.48. The van der Waals surface area contributed by atoms with Gasteiger partial charge in [0.1, 0.15) is 11.2 Å². The van der Waals surface area contributed by atoms with Crippen molar-refractivity contribution >= 4 is 53.4 Å². The van der Waals surface area contributed by atoms with Gasteiger partial charge in [-0.3, -0.25) is 0 Å². The first kappa shape index (κ1) is 32.2. The zero-order valence-corrected chi connectivity index (χ0v) is 30.9. The summed E-state index contributed by atoms with van der Waals surface area (Å²) in [5, 5.41) is 4.70. The number of hydrogen-bond acceptors (Lipinski definition) is 5. The van der Waals surface area contributed by atoms with Crippen LogP contribution in [0.25, 0.3) is 110 Å². The average molecular weight is 734 g/mol. The van der Waals surface area contributed by atoms with Crippen LogP contribution in [0.2, 0.25) is 0 Å². The van der Waals surface area contributed by atoms with Crippen LogP contribution in [0.5, 0.6) is 0 Å². The first-order valence-electron chi connectivity index (χ1n) is 18.7. The maximum absolute atomic E-state index is 6.82. The van der Waals surface area contributed by atoms with E-state index >= 15 is 0 Å². The molecule has 11 rings (SSSR count). The highest BCUT2D eigenvalue weighted by Crippen LogP contribution is 2.45. The van der Waals surface area contributed by atoms with Gasteiger partial charge >= 0.3 is 0 Å². The van der Waals surface area contributed by atoms with Gasteiger partial charge in [-0.25, -0.2) is 15.0 Å². The molecule has 0 radical (unpaired) electrons. The summed E-state index contributed by atoms with van der Waals surface area (Å²) in [4.78, 5) is 14.9. The van der Waals surface area contributed by atoms with Crippen LogP contribution < -0.4 is 0 Å². The summed E-state index contributed by atoms with van der Waals surface area (Å²) in [7, 11) is 0. The summed E-state index contributed by atoms with van der Waals surface area (Å²) < 4.78 is 9.35. The predicted octanol–water partition coefficient (Wildman–Crippen LogP) is 14.1. The standard InChI is InChI=1S/C51H31N3OS/c1-4-14-32(15-5-1)35-28-29-39-41-24-12-25-42(48(41)56-45(39)31-35)40-23-11-26-43-46-38(22-13-27-44(46)55-47(40)43)36-20-10-21-37(30-36)51-53-49(33-16-6-2-7-17-33)52-50(54-51)34-18-8-3-9-19-34/h1-31H. The van der Waals surface area contributed by atoms with Crippen molar-refractivity contribution in [3.05, 3.63) is 188 Å². The summed E-state index contributed by atoms with van der Waals surface area (Å²) in [6.45, 7) is 0. The number of hydrogen-bond donors (Lipinski definition) is 0. The van der Waals surface area contributed by atoms with Crippen molar-refractivity contribution in [1.82, 2.24) is 15.0 Å². The van der Waals surface area contributed by atoms with Crippen LogP contribution in [0.4, 0.5) is 0 Å². The molecule has 0 saturated carbocycles. The Labute approximate surface area is 327 Å². The van der Waals surface area contributed by atoms with E-state index in [9.17, 15) is 0 Å². The first-order chi connectivity index (χ1) is 27.7. The second-order valence-electron chi connectivity index (χ2n) is 13.9. The van der Waals surface area contributed by atoms with E-state index in [2.05, 4.69) is 127 Å². The zero-order valence-electron chi connectivity index (χ0n) is 30.1. The van der Waals surface area contributed by atoms with Crippen LogP contribution >= 0.6 is 11.3 Å². The van der Waals surface area contributed by atoms with Gasteiger partial charge in [-0.15, -0.1) is 11.3 Å². The number of rotatable bonds is 6. The molecule has 0 saturated heterocycles. The minimum absolute atomic E-state index is 0.624. The molecule has 4 nitrogen and oxygen atoms in total. The second kappa shape index (κ2) is 13.3. The highest BCUT2D eigenvalue weighted by molar-refractivity contribution is 7.26. The van der Waals surface area contributed by atoms with Crippen LogP contribution in [0.15, 0.2) is 192 Å². The lowest BCUT2D eigenvalue weighted by atomic mass is 9.96. The van der Waals surface area contributed by atoms with Crippen LogP contribution in [0, 0.1) is 0 Å². The monoisotopic (exact) mass is 733 g/mol. The average Bonchev–Trinajstić information content (AvgIpc) is 3.86. The van der Waals surface area contributed by atoms with E-state index in [1.807, 2.05) is 72.0 Å². The molecule has 0 bridgehead atoms. The largest absolute Gasteiger partial charge is 0.455 e. The van der Waals surface area contributed by atoms with Gasteiger partial charge in [-0.1, -0.05) is 170 Å². The Balaban J connectivity index is 1.04. The third-order valence-electron chi connectivity index (χ3n) is 10.5. The summed E-state index contributed by atoms with van der Waals surface area (Å²) >= 11 is 1.85. The van der Waals surface area contributed by atoms with Crippen molar-refractivity contribution in [2.45, 2.75) is 0 Å². The molecule has 0 aliphatic rings. The molecule has 3 aromatic heterocycles. The van der Waals surface area contributed by atoms with E-state index in [0.717, 1.165) is 55.3 Å². The van der Waals surface area contributed by atoms with E-state index in [1.165, 1.54) is 36.9 Å². The van der Waals surface area contributed by atoms with Gasteiger partial charge in [0, 0.05) is 58.8 Å². The van der Waals surface area contributed by atoms with E-state index < -0.39 is 0 Å². The number of benzene rings is 8. The molecule has 0 aliphatic carbocycles. The smallest absolute Gasteiger partial charge is 0.164 e. The minimum Gasteiger partial charge on any atom is -0.455 e. The quantitative estimate of drug-likeness (QED) is 0.171. The van der Waals surface area contributed by atoms with Crippen LogP contribution in [-0.2, 0) is 0 Å². The van der Waals surface area contributed by atoms with Gasteiger partial charge in [-0.05, 0) is 40.5 Å². The third-order valence-corrected chi connectivity index (χ3v) is 11.8. The maximum atomic E-state index is 6.82. The molecule has 0 aliphatic heterocycles. The van der Waals surface area contributed by atoms with Crippen LogP contribution in [-0.4, -0.2) is 15.0 Å². The van der Waals surface area contributed by atoms with Gasteiger partial charge < -0.3 is 4.42 Å². The van der Waals surface area contributed by atoms with Crippen molar-refractivity contribution < 1.29 is 4.42 Å². The predicted molar refractivity (Wildman–Crippen MR) is 233 cm³/mol. The van der Waals surface area contributed by atoms with Crippen molar-refractivity contribution in [3.8, 4) is 67.5 Å². The lowest BCUT2D eigenvalue weighted by Gasteiger charge is -2.10. The Bertz CT molecular complexity index is 3180. The van der Waals surface area contributed by atoms with Crippen LogP contribution in [0.1, 0.15) is 0 Å². The van der Waals surface area contributed by atoms with E-state index in [4.69, 9.17) is 19.4 Å². The van der Waals surface area contributed by atoms with Gasteiger partial charge in [-0.2, -0.15) is 0 Å². The van der Waals surface area contributed by atoms with Crippen molar-refractivity contribution in [2.24, 2.45) is 0 Å². The van der Waals surface area contributed by atoms with Gasteiger partial charge in [0.05, 0.1) is 0 Å². The zero-order chi connectivity index (χ0) is 37.0. The number of para-hydroxylation sites is 1. The molecule has 0 atom stereocenters. The molecule has 56 heavy (non-hydrogen) atoms. The summed E-state index contributed by atoms with van der Waals surface area (Å²) in [5.41, 5.74) is 11.4. The Hall–Kier alpha value is -7.21. The molecular formula is C51H31N3OS. The van der Waals surface area contributed by atoms with Crippen molar-refractivity contribution in [1.29, 1.82) is 0 Å². The second-order valence-corrected chi connectivity index (χ2v) is 15.0. The van der Waals surface area contributed by atoms with Gasteiger partial charge in [0.25, 0.3) is 0 Å². The molecule has 11 aromatic rings. The molecular weight excluding hydrogens is 703 g/mol. The number of aromatic nitrogens is 3. The molecule has 3 heterocycles. The molecule has 262 valence electrons. The topological polar surface area (TPSA) is 51.8 Å². The van der Waals surface area contributed by atoms with Gasteiger partial charge in [0.15, 0.2) is 17.5 Å². The fourth-order valence-electron chi connectivity index (χ4n) is 7.88. The Kier molecular flexibility index (Phi) is 7.64. The Morgan fingerprint density at radius 3 is 1.62 bits per heavy atom. The van der Waals surface area contributed by atoms with Gasteiger partial charge in [0.2, 0.25) is 0 Å². The van der Waals surface area contributed by atoms with E-state index in [1.54, 1.807) is 0 Å². The SMILES string of the molecule is c1ccc(-c2ccc3c(c2)sc2c(-c4cccc5c4oc4cccc(-c6cccc(-c7nc(-c8ccccc8)nc(-c8ccccc8)n7)c6)c45)cccc23)cc1. The molecule has 0 unspecified atom stereocenters. The number of nitrogens with zero attached hydrogens (tertiary/aromatic N) is 3. The highest BCUT2D eigenvalue weighted by atomic mass is 32.1. The number of furan rings is 1. The lowest BCUT2D eigenvalue weighted by Crippen LogP contribution is -2.00. The summed E-state index contributed by atoms with van der Waals surface area (Å²) in [6, 6.07) is 65.6. The van der Waals surface area contributed by atoms with Crippen molar-refractivity contribution in [3.63, 3.8) is 0 Å². The normalized spacial score (nSPS) is 11.6. The minimum atomic E-state index is 0.624. The first-order valence-corrected chi connectivity index (χ1v) is 19.5. The lowest BCUT2D eigenvalue weighted by molar-refractivity contribution is 0.670.